The van der Waals surface area contributed by atoms with E-state index < -0.39 is 0 Å². The first kappa shape index (κ1) is 6.38. The summed E-state index contributed by atoms with van der Waals surface area (Å²) in [5.74, 6) is 0. The van der Waals surface area contributed by atoms with Crippen LogP contribution in [0.1, 0.15) is 0 Å². The monoisotopic (exact) mass is 169 g/mol. The summed E-state index contributed by atoms with van der Waals surface area (Å²) in [7, 11) is 3.68. The molecule has 7 heteroatoms. The molecule has 0 aliphatic rings. The van der Waals surface area contributed by atoms with Crippen LogP contribution in [0.5, 0.6) is 0 Å². The molecule has 0 aliphatic carbocycles. The van der Waals surface area contributed by atoms with Crippen LogP contribution < -0.4 is 4.84 Å². The fourth-order valence-corrected chi connectivity index (χ4v) is 3.20. The third-order valence-corrected chi connectivity index (χ3v) is 3.48. The van der Waals surface area contributed by atoms with Gasteiger partial charge in [-0.15, -0.1) is 0 Å². The van der Waals surface area contributed by atoms with E-state index in [0.717, 1.165) is 8.51 Å². The van der Waals surface area contributed by atoms with Crippen molar-refractivity contribution in [1.82, 2.24) is 13.3 Å². The number of hydrogen-bond acceptors (Lipinski definition) is 2. The number of rotatable bonds is 1. The van der Waals surface area contributed by atoms with Gasteiger partial charge in [0.1, 0.15) is 0 Å². The molecule has 1 N–H and O–H groups in total. The Morgan fingerprint density at radius 2 is 2.75 bits per heavy atom. The summed E-state index contributed by atoms with van der Waals surface area (Å²) in [5, 5.41) is 0. The van der Waals surface area contributed by atoms with Crippen LogP contribution in [0.25, 0.3) is 0 Å². The Balaban J connectivity index is 2.83. The van der Waals surface area contributed by atoms with Crippen molar-refractivity contribution in [1.29, 1.82) is 0 Å². The summed E-state index contributed by atoms with van der Waals surface area (Å²) in [6, 6.07) is 0. The molecule has 0 fully saturated rings. The summed E-state index contributed by atoms with van der Waals surface area (Å²) in [5.41, 5.74) is 0. The second-order valence-electron chi connectivity index (χ2n) is 0.994. The van der Waals surface area contributed by atoms with Crippen molar-refractivity contribution >= 4 is 25.5 Å². The van der Waals surface area contributed by atoms with E-state index in [4.69, 9.17) is 4.84 Å². The van der Waals surface area contributed by atoms with Gasteiger partial charge in [-0.25, -0.2) is 0 Å². The van der Waals surface area contributed by atoms with Crippen molar-refractivity contribution in [2.24, 2.45) is 0 Å². The second-order valence-corrected chi connectivity index (χ2v) is 4.57. The number of nitrogens with zero attached hydrogens (tertiary/aromatic N) is 2. The van der Waals surface area contributed by atoms with Crippen LogP contribution in [0.3, 0.4) is 0 Å². The molecule has 0 aliphatic heterocycles. The standard InChI is InChI=1S/CH6N3OP3/c1-5-4-7-2-6-3-8-4/h2,6-7H,1H3. The Kier molecular flexibility index (Phi) is 2.65. The topological polar surface area (TPSA) is 42.8 Å². The lowest BCUT2D eigenvalue weighted by atomic mass is 11.7. The van der Waals surface area contributed by atoms with Crippen LogP contribution >= 0.6 is 25.5 Å². The highest BCUT2D eigenvalue weighted by atomic mass is 31.1. The minimum Gasteiger partial charge on any atom is -0.311 e. The molecule has 0 spiro atoms. The molecule has 1 aromatic rings. The van der Waals surface area contributed by atoms with Crippen LogP contribution in [-0.2, 0) is 0 Å². The zero-order valence-electron chi connectivity index (χ0n) is 4.25. The Morgan fingerprint density at radius 3 is 3.12 bits per heavy atom. The second kappa shape index (κ2) is 3.32. The minimum absolute atomic E-state index is 0.544. The summed E-state index contributed by atoms with van der Waals surface area (Å²) in [6.45, 7) is 0. The molecule has 0 radical (unpaired) electrons. The lowest BCUT2D eigenvalue weighted by Crippen LogP contribution is -1.95. The molecule has 2 unspecified atom stereocenters. The van der Waals surface area contributed by atoms with E-state index in [0.29, 0.717) is 17.0 Å². The van der Waals surface area contributed by atoms with Crippen molar-refractivity contribution in [2.45, 2.75) is 0 Å². The molecule has 0 amide bonds. The Morgan fingerprint density at radius 1 is 1.88 bits per heavy atom. The first-order valence-corrected chi connectivity index (χ1v) is 4.63. The van der Waals surface area contributed by atoms with Crippen molar-refractivity contribution in [3.63, 3.8) is 0 Å². The molecular weight excluding hydrogens is 163 g/mol. The van der Waals surface area contributed by atoms with Crippen LogP contribution in [0.2, 0.25) is 0 Å². The van der Waals surface area contributed by atoms with Crippen molar-refractivity contribution in [3.05, 3.63) is 0 Å². The minimum atomic E-state index is 0.544. The SMILES string of the molecule is COn1pn[pH][nH][pH]1. The largest absolute Gasteiger partial charge is 0.311 e. The number of nitrogens with one attached hydrogen (secondary N) is 1. The Labute approximate surface area is 51.6 Å². The van der Waals surface area contributed by atoms with Gasteiger partial charge in [-0.05, 0) is 0 Å². The van der Waals surface area contributed by atoms with E-state index in [1.807, 2.05) is 0 Å². The van der Waals surface area contributed by atoms with Gasteiger partial charge in [0.15, 0.2) is 8.51 Å². The predicted molar refractivity (Wildman–Crippen MR) is 38.2 cm³/mol. The quantitative estimate of drug-likeness (QED) is 0.682. The van der Waals surface area contributed by atoms with Crippen LogP contribution in [0.4, 0.5) is 0 Å². The molecule has 2 atom stereocenters. The Bertz CT molecular complexity index is 156. The zero-order chi connectivity index (χ0) is 5.82. The van der Waals surface area contributed by atoms with Crippen LogP contribution in [0.15, 0.2) is 0 Å². The lowest BCUT2D eigenvalue weighted by Gasteiger charge is -1.95. The molecule has 1 rings (SSSR count). The lowest BCUT2D eigenvalue weighted by molar-refractivity contribution is 0.222. The average Bonchev–Trinajstić information content (AvgIpc) is 1.90. The van der Waals surface area contributed by atoms with Gasteiger partial charge >= 0.3 is 0 Å². The molecule has 1 heterocycles. The number of aromatic nitrogens is 3. The van der Waals surface area contributed by atoms with Gasteiger partial charge in [-0.1, -0.05) is 0 Å². The Hall–Kier alpha value is 0.260. The molecule has 0 aromatic carbocycles. The third kappa shape index (κ3) is 1.65. The highest BCUT2D eigenvalue weighted by Crippen LogP contribution is 2.08. The zero-order valence-corrected chi connectivity index (χ0v) is 7.14. The molecule has 0 bridgehead atoms. The highest BCUT2D eigenvalue weighted by Gasteiger charge is 1.76. The van der Waals surface area contributed by atoms with Crippen LogP contribution in [-0.4, -0.2) is 20.4 Å². The smallest absolute Gasteiger partial charge is 0.169 e. The first-order chi connectivity index (χ1) is 3.93. The molecule has 1 aromatic heterocycles. The summed E-state index contributed by atoms with van der Waals surface area (Å²) in [6.07, 6.45) is 0. The van der Waals surface area contributed by atoms with Gasteiger partial charge in [0.25, 0.3) is 0 Å². The van der Waals surface area contributed by atoms with E-state index in [9.17, 15) is 0 Å². The van der Waals surface area contributed by atoms with Crippen molar-refractivity contribution < 1.29 is 4.84 Å². The fourth-order valence-electron chi connectivity index (χ4n) is 0.265. The van der Waals surface area contributed by atoms with Crippen molar-refractivity contribution in [3.8, 4) is 0 Å². The first-order valence-electron chi connectivity index (χ1n) is 1.94. The fraction of sp³-hybridized carbons (Fsp3) is 1.00. The van der Waals surface area contributed by atoms with Gasteiger partial charge in [-0.2, -0.15) is 8.76 Å². The van der Waals surface area contributed by atoms with Gasteiger partial charge < -0.3 is 4.51 Å². The summed E-state index contributed by atoms with van der Waals surface area (Å²) >= 11 is 0. The third-order valence-electron chi connectivity index (χ3n) is 0.556. The van der Waals surface area contributed by atoms with E-state index in [2.05, 4.69) is 9.02 Å². The van der Waals surface area contributed by atoms with Crippen molar-refractivity contribution in [2.75, 3.05) is 7.11 Å². The summed E-state index contributed by atoms with van der Waals surface area (Å²) in [4.78, 5) is 4.87. The molecule has 8 heavy (non-hydrogen) atoms. The van der Waals surface area contributed by atoms with Crippen LogP contribution in [0, 0.1) is 0 Å². The summed E-state index contributed by atoms with van der Waals surface area (Å²) < 4.78 is 8.84. The van der Waals surface area contributed by atoms with Gasteiger partial charge in [0.05, 0.1) is 7.11 Å². The van der Waals surface area contributed by atoms with E-state index in [1.165, 1.54) is 0 Å². The van der Waals surface area contributed by atoms with E-state index >= 15 is 0 Å². The molecule has 46 valence electrons. The molecule has 0 saturated carbocycles. The van der Waals surface area contributed by atoms with Gasteiger partial charge in [0, 0.05) is 17.0 Å². The van der Waals surface area contributed by atoms with E-state index in [1.54, 1.807) is 11.4 Å². The molecule has 0 saturated heterocycles. The number of H-pyrrole nitrogens is 1. The molecule has 4 nitrogen and oxygen atoms in total. The number of hydrogen-bond donors (Lipinski definition) is 1. The van der Waals surface area contributed by atoms with Gasteiger partial charge in [-0.3, -0.25) is 4.84 Å². The maximum atomic E-state index is 4.87. The maximum Gasteiger partial charge on any atom is 0.169 e. The predicted octanol–water partition coefficient (Wildman–Crippen LogP) is 1.04. The molecular formula is CH6N3OP3. The highest BCUT2D eigenvalue weighted by molar-refractivity contribution is 7.44. The normalized spacial score (nSPS) is 12.1. The number of aromatic amines is 1. The average molecular weight is 169 g/mol. The van der Waals surface area contributed by atoms with Gasteiger partial charge in [0.2, 0.25) is 0 Å². The maximum absolute atomic E-state index is 4.87. The van der Waals surface area contributed by atoms with E-state index in [-0.39, 0.29) is 0 Å².